The van der Waals surface area contributed by atoms with Crippen LogP contribution < -0.4 is 16.0 Å². The summed E-state index contributed by atoms with van der Waals surface area (Å²) >= 11 is 0. The van der Waals surface area contributed by atoms with Crippen LogP contribution in [0.4, 0.5) is 23.7 Å². The number of carbonyl (C=O) groups is 3. The Bertz CT molecular complexity index is 1560. The third-order valence-electron chi connectivity index (χ3n) is 7.22. The molecule has 1 aromatic carbocycles. The lowest BCUT2D eigenvalue weighted by Crippen LogP contribution is -2.49. The second-order valence-corrected chi connectivity index (χ2v) is 11.5. The topological polar surface area (TPSA) is 132 Å². The molecule has 3 amide bonds. The summed E-state index contributed by atoms with van der Waals surface area (Å²) in [4.78, 5) is 45.6. The molecule has 1 aliphatic rings. The van der Waals surface area contributed by atoms with Crippen molar-refractivity contribution in [1.82, 2.24) is 20.6 Å². The molecule has 3 aromatic rings. The number of pyridine rings is 2. The zero-order chi connectivity index (χ0) is 32.3. The number of nitrogens with one attached hydrogen (secondary N) is 3. The van der Waals surface area contributed by atoms with E-state index in [1.54, 1.807) is 26.8 Å². The molecule has 3 N–H and O–H groups in total. The van der Waals surface area contributed by atoms with Crippen molar-refractivity contribution in [2.24, 2.45) is 5.92 Å². The number of nitrogens with zero attached hydrogens (tertiary/aromatic N) is 2. The number of benzene rings is 1. The number of amides is 3. The van der Waals surface area contributed by atoms with Gasteiger partial charge >= 0.3 is 6.09 Å². The first-order valence-corrected chi connectivity index (χ1v) is 14.0. The van der Waals surface area contributed by atoms with Gasteiger partial charge in [-0.3, -0.25) is 14.6 Å². The standard InChI is InChI=1S/C31H34F3N5O5/c1-15-16(2)43-25(13-23(15)39-30(42)44-31(3,4)5)18-9-10-36-14-24(18)38-29(41)22-8-7-19(32)27(37-22)26-20(33)11-17(12-21(26)34)28(40)35-6/h7-12,14-16,23,25H,13H2,1-6H3,(H,35,40)(H,38,41)(H,39,42). The summed E-state index contributed by atoms with van der Waals surface area (Å²) in [6, 6.07) is 4.80. The molecule has 2 aromatic heterocycles. The van der Waals surface area contributed by atoms with E-state index in [1.807, 2.05) is 13.8 Å². The molecule has 4 rings (SSSR count). The van der Waals surface area contributed by atoms with Gasteiger partial charge in [-0.15, -0.1) is 0 Å². The van der Waals surface area contributed by atoms with Gasteiger partial charge < -0.3 is 25.4 Å². The van der Waals surface area contributed by atoms with Gasteiger partial charge in [0.2, 0.25) is 0 Å². The Morgan fingerprint density at radius 3 is 2.32 bits per heavy atom. The lowest BCUT2D eigenvalue weighted by Gasteiger charge is -2.40. The van der Waals surface area contributed by atoms with Crippen LogP contribution in [-0.2, 0) is 9.47 Å². The van der Waals surface area contributed by atoms with Crippen molar-refractivity contribution in [2.45, 2.75) is 64.9 Å². The Hall–Kier alpha value is -4.52. The molecule has 4 unspecified atom stereocenters. The van der Waals surface area contributed by atoms with Crippen LogP contribution in [0.5, 0.6) is 0 Å². The van der Waals surface area contributed by atoms with E-state index in [1.165, 1.54) is 19.4 Å². The molecule has 13 heteroatoms. The molecule has 234 valence electrons. The van der Waals surface area contributed by atoms with Crippen LogP contribution in [0.3, 0.4) is 0 Å². The van der Waals surface area contributed by atoms with Gasteiger partial charge in [0.25, 0.3) is 11.8 Å². The minimum atomic E-state index is -1.23. The molecule has 4 atom stereocenters. The quantitative estimate of drug-likeness (QED) is 0.332. The number of carbonyl (C=O) groups excluding carboxylic acids is 3. The van der Waals surface area contributed by atoms with E-state index in [9.17, 15) is 27.6 Å². The Morgan fingerprint density at radius 1 is 1.00 bits per heavy atom. The van der Waals surface area contributed by atoms with E-state index in [2.05, 4.69) is 25.9 Å². The van der Waals surface area contributed by atoms with Crippen LogP contribution in [-0.4, -0.2) is 52.7 Å². The lowest BCUT2D eigenvalue weighted by atomic mass is 9.86. The Morgan fingerprint density at radius 2 is 1.68 bits per heavy atom. The second-order valence-electron chi connectivity index (χ2n) is 11.5. The van der Waals surface area contributed by atoms with E-state index < -0.39 is 58.3 Å². The first-order valence-electron chi connectivity index (χ1n) is 14.0. The van der Waals surface area contributed by atoms with Crippen LogP contribution in [0.2, 0.25) is 0 Å². The fourth-order valence-electron chi connectivity index (χ4n) is 4.86. The number of hydrogen-bond donors (Lipinski definition) is 3. The van der Waals surface area contributed by atoms with Crippen LogP contribution in [0.25, 0.3) is 11.3 Å². The molecule has 44 heavy (non-hydrogen) atoms. The van der Waals surface area contributed by atoms with Crippen molar-refractivity contribution < 1.29 is 37.0 Å². The third kappa shape index (κ3) is 7.33. The molecule has 1 saturated heterocycles. The van der Waals surface area contributed by atoms with Crippen LogP contribution in [0.1, 0.15) is 73.6 Å². The molecule has 0 spiro atoms. The van der Waals surface area contributed by atoms with Gasteiger partial charge in [0.15, 0.2) is 0 Å². The summed E-state index contributed by atoms with van der Waals surface area (Å²) in [5.74, 6) is -5.11. The van der Waals surface area contributed by atoms with E-state index in [4.69, 9.17) is 9.47 Å². The van der Waals surface area contributed by atoms with E-state index in [0.717, 1.165) is 24.3 Å². The van der Waals surface area contributed by atoms with Crippen molar-refractivity contribution >= 4 is 23.6 Å². The average molecular weight is 614 g/mol. The molecule has 0 radical (unpaired) electrons. The fraction of sp³-hybridized carbons (Fsp3) is 0.387. The summed E-state index contributed by atoms with van der Waals surface area (Å²) < 4.78 is 56.2. The predicted molar refractivity (Wildman–Crippen MR) is 155 cm³/mol. The van der Waals surface area contributed by atoms with Crippen molar-refractivity contribution in [3.63, 3.8) is 0 Å². The van der Waals surface area contributed by atoms with Crippen LogP contribution >= 0.6 is 0 Å². The Balaban J connectivity index is 1.59. The van der Waals surface area contributed by atoms with Gasteiger partial charge in [0, 0.05) is 36.3 Å². The molecule has 0 bridgehead atoms. The summed E-state index contributed by atoms with van der Waals surface area (Å²) in [6.07, 6.45) is 1.90. The molecule has 1 fully saturated rings. The monoisotopic (exact) mass is 613 g/mol. The van der Waals surface area contributed by atoms with Gasteiger partial charge in [0.1, 0.15) is 34.4 Å². The Labute approximate surface area is 252 Å². The smallest absolute Gasteiger partial charge is 0.407 e. The maximum atomic E-state index is 14.9. The molecule has 1 aliphatic heterocycles. The van der Waals surface area contributed by atoms with E-state index >= 15 is 0 Å². The van der Waals surface area contributed by atoms with Crippen molar-refractivity contribution in [1.29, 1.82) is 0 Å². The minimum absolute atomic E-state index is 0.0494. The predicted octanol–water partition coefficient (Wildman–Crippen LogP) is 5.55. The Kier molecular flexibility index (Phi) is 9.57. The largest absolute Gasteiger partial charge is 0.444 e. The normalized spacial score (nSPS) is 20.0. The molecule has 10 nitrogen and oxygen atoms in total. The first kappa shape index (κ1) is 32.4. The maximum absolute atomic E-state index is 14.9. The number of aromatic nitrogens is 2. The van der Waals surface area contributed by atoms with Crippen LogP contribution in [0.15, 0.2) is 42.7 Å². The van der Waals surface area contributed by atoms with Gasteiger partial charge in [-0.2, -0.15) is 0 Å². The van der Waals surface area contributed by atoms with Gasteiger partial charge in [0.05, 0.1) is 29.7 Å². The molecular formula is C31H34F3N5O5. The molecule has 0 saturated carbocycles. The second kappa shape index (κ2) is 13.0. The van der Waals surface area contributed by atoms with E-state index in [0.29, 0.717) is 12.0 Å². The van der Waals surface area contributed by atoms with Gasteiger partial charge in [-0.1, -0.05) is 6.92 Å². The third-order valence-corrected chi connectivity index (χ3v) is 7.22. The zero-order valence-electron chi connectivity index (χ0n) is 25.1. The lowest BCUT2D eigenvalue weighted by molar-refractivity contribution is -0.0851. The molecule has 0 aliphatic carbocycles. The average Bonchev–Trinajstić information content (AvgIpc) is 2.94. The highest BCUT2D eigenvalue weighted by atomic mass is 19.1. The van der Waals surface area contributed by atoms with Gasteiger partial charge in [-0.05, 0) is 64.4 Å². The summed E-state index contributed by atoms with van der Waals surface area (Å²) in [5, 5.41) is 7.85. The van der Waals surface area contributed by atoms with E-state index in [-0.39, 0.29) is 35.0 Å². The summed E-state index contributed by atoms with van der Waals surface area (Å²) in [5.41, 5.74) is -2.05. The zero-order valence-corrected chi connectivity index (χ0v) is 25.1. The number of halogens is 3. The SMILES string of the molecule is CNC(=O)c1cc(F)c(-c2nc(C(=O)Nc3cnccc3C3CC(NC(=O)OC(C)(C)C)C(C)C(C)O3)ccc2F)c(F)c1. The summed E-state index contributed by atoms with van der Waals surface area (Å²) in [6.45, 7) is 9.14. The van der Waals surface area contributed by atoms with Crippen LogP contribution in [0, 0.1) is 23.4 Å². The maximum Gasteiger partial charge on any atom is 0.407 e. The molecular weight excluding hydrogens is 579 g/mol. The number of anilines is 1. The van der Waals surface area contributed by atoms with Crippen molar-refractivity contribution in [3.05, 3.63) is 77.0 Å². The number of alkyl carbamates (subject to hydrolysis) is 1. The number of rotatable bonds is 6. The highest BCUT2D eigenvalue weighted by Crippen LogP contribution is 2.38. The number of hydrogen-bond acceptors (Lipinski definition) is 7. The minimum Gasteiger partial charge on any atom is -0.444 e. The first-order chi connectivity index (χ1) is 20.7. The highest BCUT2D eigenvalue weighted by Gasteiger charge is 2.37. The summed E-state index contributed by atoms with van der Waals surface area (Å²) in [7, 11) is 1.30. The highest BCUT2D eigenvalue weighted by molar-refractivity contribution is 6.03. The van der Waals surface area contributed by atoms with Gasteiger partial charge in [-0.25, -0.2) is 22.9 Å². The van der Waals surface area contributed by atoms with Crippen molar-refractivity contribution in [3.8, 4) is 11.3 Å². The molecule has 3 heterocycles. The number of ether oxygens (including phenoxy) is 2. The van der Waals surface area contributed by atoms with Crippen molar-refractivity contribution in [2.75, 3.05) is 12.4 Å². The fourth-order valence-corrected chi connectivity index (χ4v) is 4.86.